The van der Waals surface area contributed by atoms with E-state index >= 15 is 0 Å². The molecular weight excluding hydrogens is 354 g/mol. The lowest BCUT2D eigenvalue weighted by Gasteiger charge is -2.34. The van der Waals surface area contributed by atoms with Crippen molar-refractivity contribution in [2.75, 3.05) is 19.8 Å². The van der Waals surface area contributed by atoms with Gasteiger partial charge in [-0.05, 0) is 32.8 Å². The first-order valence-electron chi connectivity index (χ1n) is 8.68. The molecule has 2 aromatic rings. The molecule has 3 rings (SSSR count). The predicted octanol–water partition coefficient (Wildman–Crippen LogP) is 2.65. The summed E-state index contributed by atoms with van der Waals surface area (Å²) in [6.45, 7) is 5.25. The molecule has 0 bridgehead atoms. The molecule has 26 heavy (non-hydrogen) atoms. The minimum atomic E-state index is -0.900. The summed E-state index contributed by atoms with van der Waals surface area (Å²) >= 11 is 1.51. The molecule has 0 radical (unpaired) electrons. The Morgan fingerprint density at radius 1 is 1.38 bits per heavy atom. The van der Waals surface area contributed by atoms with Gasteiger partial charge >= 0.3 is 5.97 Å². The molecule has 0 atom stereocenters. The number of thiazole rings is 1. The molecule has 1 N–H and O–H groups in total. The fraction of sp³-hybridized carbons (Fsp3) is 0.500. The minimum Gasteiger partial charge on any atom is -0.481 e. The smallest absolute Gasteiger partial charge is 0.305 e. The molecule has 1 fully saturated rings. The molecule has 7 nitrogen and oxygen atoms in total. The van der Waals surface area contributed by atoms with Crippen molar-refractivity contribution >= 4 is 23.2 Å². The Morgan fingerprint density at radius 2 is 2.12 bits per heavy atom. The number of aliphatic carboxylic acids is 1. The average Bonchev–Trinajstić information content (AvgIpc) is 3.23. The zero-order valence-electron chi connectivity index (χ0n) is 15.0. The predicted molar refractivity (Wildman–Crippen MR) is 98.0 cm³/mol. The summed E-state index contributed by atoms with van der Waals surface area (Å²) < 4.78 is 7.36. The van der Waals surface area contributed by atoms with E-state index in [1.54, 1.807) is 11.1 Å². The highest BCUT2D eigenvalue weighted by Gasteiger charge is 2.29. The summed E-state index contributed by atoms with van der Waals surface area (Å²) in [7, 11) is 0. The number of carbonyl (C=O) groups is 2. The minimum absolute atomic E-state index is 0.0125. The topological polar surface area (TPSA) is 84.7 Å². The van der Waals surface area contributed by atoms with Gasteiger partial charge in [-0.2, -0.15) is 0 Å². The lowest BCUT2D eigenvalue weighted by Crippen LogP contribution is -2.44. The Hall–Kier alpha value is -2.19. The number of ether oxygens (including phenoxy) is 1. The molecule has 3 heterocycles. The van der Waals surface area contributed by atoms with Gasteiger partial charge in [0.15, 0.2) is 5.13 Å². The van der Waals surface area contributed by atoms with Gasteiger partial charge in [0.1, 0.15) is 0 Å². The lowest BCUT2D eigenvalue weighted by atomic mass is 10.0. The Bertz CT molecular complexity index is 779. The van der Waals surface area contributed by atoms with Crippen molar-refractivity contribution in [1.29, 1.82) is 0 Å². The van der Waals surface area contributed by atoms with E-state index in [2.05, 4.69) is 4.98 Å². The van der Waals surface area contributed by atoms with Gasteiger partial charge in [-0.1, -0.05) is 0 Å². The Labute approximate surface area is 156 Å². The van der Waals surface area contributed by atoms with Crippen molar-refractivity contribution in [3.05, 3.63) is 34.6 Å². The number of aryl methyl sites for hydroxylation is 1. The normalized spacial score (nSPS) is 15.2. The molecule has 0 spiro atoms. The van der Waals surface area contributed by atoms with E-state index in [1.165, 1.54) is 11.3 Å². The number of amides is 1. The number of aromatic nitrogens is 2. The standard InChI is InChI=1S/C18H23N3O4S/c1-12-11-15(13(2)21(12)18-19-6-10-26-18)17(24)20(7-3-16(22)23)14-4-8-25-9-5-14/h6,10-11,14H,3-5,7-9H2,1-2H3,(H,22,23). The summed E-state index contributed by atoms with van der Waals surface area (Å²) in [4.78, 5) is 30.4. The number of carboxylic acids is 1. The van der Waals surface area contributed by atoms with Gasteiger partial charge in [-0.3, -0.25) is 14.2 Å². The first kappa shape index (κ1) is 18.6. The van der Waals surface area contributed by atoms with Crippen molar-refractivity contribution in [2.24, 2.45) is 0 Å². The van der Waals surface area contributed by atoms with E-state index < -0.39 is 5.97 Å². The van der Waals surface area contributed by atoms with Crippen molar-refractivity contribution in [3.63, 3.8) is 0 Å². The summed E-state index contributed by atoms with van der Waals surface area (Å²) in [6.07, 6.45) is 3.14. The van der Waals surface area contributed by atoms with Crippen LogP contribution in [0.2, 0.25) is 0 Å². The van der Waals surface area contributed by atoms with Crippen LogP contribution in [-0.2, 0) is 9.53 Å². The van der Waals surface area contributed by atoms with E-state index in [0.717, 1.165) is 29.4 Å². The molecule has 1 amide bonds. The third-order valence-electron chi connectivity index (χ3n) is 4.73. The second-order valence-electron chi connectivity index (χ2n) is 6.42. The molecule has 0 aliphatic carbocycles. The van der Waals surface area contributed by atoms with Crippen LogP contribution in [0.4, 0.5) is 0 Å². The van der Waals surface area contributed by atoms with E-state index in [9.17, 15) is 9.59 Å². The number of rotatable bonds is 6. The van der Waals surface area contributed by atoms with Gasteiger partial charge in [0.2, 0.25) is 0 Å². The molecule has 0 unspecified atom stereocenters. The second-order valence-corrected chi connectivity index (χ2v) is 7.29. The maximum Gasteiger partial charge on any atom is 0.305 e. The fourth-order valence-corrected chi connectivity index (χ4v) is 4.17. The number of hydrogen-bond donors (Lipinski definition) is 1. The van der Waals surface area contributed by atoms with Gasteiger partial charge < -0.3 is 14.7 Å². The number of carboxylic acid groups (broad SMARTS) is 1. The Kier molecular flexibility index (Phi) is 5.73. The largest absolute Gasteiger partial charge is 0.481 e. The number of hydrogen-bond acceptors (Lipinski definition) is 5. The molecule has 1 saturated heterocycles. The monoisotopic (exact) mass is 377 g/mol. The van der Waals surface area contributed by atoms with Crippen molar-refractivity contribution in [2.45, 2.75) is 39.2 Å². The van der Waals surface area contributed by atoms with Gasteiger partial charge in [0.25, 0.3) is 5.91 Å². The van der Waals surface area contributed by atoms with Crippen LogP contribution >= 0.6 is 11.3 Å². The number of carbonyl (C=O) groups excluding carboxylic acids is 1. The van der Waals surface area contributed by atoms with Crippen molar-refractivity contribution in [1.82, 2.24) is 14.5 Å². The van der Waals surface area contributed by atoms with Crippen LogP contribution < -0.4 is 0 Å². The number of nitrogens with zero attached hydrogens (tertiary/aromatic N) is 3. The fourth-order valence-electron chi connectivity index (χ4n) is 3.42. The molecule has 2 aromatic heterocycles. The molecule has 8 heteroatoms. The molecule has 1 aliphatic heterocycles. The first-order valence-corrected chi connectivity index (χ1v) is 9.56. The van der Waals surface area contributed by atoms with E-state index in [-0.39, 0.29) is 24.9 Å². The summed E-state index contributed by atoms with van der Waals surface area (Å²) in [5.74, 6) is -1.02. The molecule has 140 valence electrons. The zero-order chi connectivity index (χ0) is 18.7. The molecule has 0 aromatic carbocycles. The summed E-state index contributed by atoms with van der Waals surface area (Å²) in [6, 6.07) is 1.88. The van der Waals surface area contributed by atoms with Crippen LogP contribution in [0.25, 0.3) is 5.13 Å². The SMILES string of the molecule is Cc1cc(C(=O)N(CCC(=O)O)C2CCOCC2)c(C)n1-c1nccs1. The Balaban J connectivity index is 1.91. The van der Waals surface area contributed by atoms with Crippen LogP contribution in [0, 0.1) is 13.8 Å². The molecule has 0 saturated carbocycles. The van der Waals surface area contributed by atoms with Gasteiger partial charge in [0, 0.05) is 48.8 Å². The van der Waals surface area contributed by atoms with Crippen molar-refractivity contribution < 1.29 is 19.4 Å². The highest BCUT2D eigenvalue weighted by atomic mass is 32.1. The quantitative estimate of drug-likeness (QED) is 0.837. The lowest BCUT2D eigenvalue weighted by molar-refractivity contribution is -0.137. The summed E-state index contributed by atoms with van der Waals surface area (Å²) in [5.41, 5.74) is 2.37. The molecule has 1 aliphatic rings. The molecular formula is C18H23N3O4S. The van der Waals surface area contributed by atoms with Crippen LogP contribution in [0.1, 0.15) is 41.0 Å². The Morgan fingerprint density at radius 3 is 2.73 bits per heavy atom. The average molecular weight is 377 g/mol. The van der Waals surface area contributed by atoms with Crippen LogP contribution in [0.15, 0.2) is 17.6 Å². The first-order chi connectivity index (χ1) is 12.5. The summed E-state index contributed by atoms with van der Waals surface area (Å²) in [5, 5.41) is 11.8. The van der Waals surface area contributed by atoms with E-state index in [4.69, 9.17) is 9.84 Å². The third-order valence-corrected chi connectivity index (χ3v) is 5.49. The highest BCUT2D eigenvalue weighted by Crippen LogP contribution is 2.25. The maximum absolute atomic E-state index is 13.3. The zero-order valence-corrected chi connectivity index (χ0v) is 15.8. The second kappa shape index (κ2) is 8.01. The van der Waals surface area contributed by atoms with Crippen LogP contribution in [-0.4, -0.2) is 57.2 Å². The van der Waals surface area contributed by atoms with E-state index in [1.807, 2.05) is 29.9 Å². The van der Waals surface area contributed by atoms with Crippen molar-refractivity contribution in [3.8, 4) is 5.13 Å². The van der Waals surface area contributed by atoms with Gasteiger partial charge in [0.05, 0.1) is 12.0 Å². The van der Waals surface area contributed by atoms with Gasteiger partial charge in [-0.15, -0.1) is 11.3 Å². The van der Waals surface area contributed by atoms with E-state index in [0.29, 0.717) is 18.8 Å². The maximum atomic E-state index is 13.3. The van der Waals surface area contributed by atoms with Crippen LogP contribution in [0.3, 0.4) is 0 Å². The third kappa shape index (κ3) is 3.81. The van der Waals surface area contributed by atoms with Gasteiger partial charge in [-0.25, -0.2) is 4.98 Å². The highest BCUT2D eigenvalue weighted by molar-refractivity contribution is 7.12. The van der Waals surface area contributed by atoms with Crippen LogP contribution in [0.5, 0.6) is 0 Å².